The average molecular weight is 293 g/mol. The van der Waals surface area contributed by atoms with Gasteiger partial charge in [-0.2, -0.15) is 9.67 Å². The van der Waals surface area contributed by atoms with Crippen molar-refractivity contribution >= 4 is 11.9 Å². The van der Waals surface area contributed by atoms with E-state index in [1.165, 1.54) is 11.6 Å². The van der Waals surface area contributed by atoms with Crippen molar-refractivity contribution in [1.29, 1.82) is 0 Å². The summed E-state index contributed by atoms with van der Waals surface area (Å²) in [5.74, 6) is 0.701. The first-order valence-electron chi connectivity index (χ1n) is 6.90. The summed E-state index contributed by atoms with van der Waals surface area (Å²) in [6, 6.07) is 13.6. The summed E-state index contributed by atoms with van der Waals surface area (Å²) in [6.07, 6.45) is 3.35. The second kappa shape index (κ2) is 6.17. The third kappa shape index (κ3) is 3.01. The minimum Gasteiger partial charge on any atom is -0.350 e. The summed E-state index contributed by atoms with van der Waals surface area (Å²) < 4.78 is 1.27. The molecule has 3 aromatic rings. The lowest BCUT2D eigenvalue weighted by molar-refractivity contribution is 0.0924. The van der Waals surface area contributed by atoms with Gasteiger partial charge in [-0.15, -0.1) is 5.10 Å². The van der Waals surface area contributed by atoms with E-state index in [1.54, 1.807) is 18.5 Å². The predicted molar refractivity (Wildman–Crippen MR) is 83.3 cm³/mol. The molecule has 0 saturated carbocycles. The largest absolute Gasteiger partial charge is 0.350 e. The Labute approximate surface area is 127 Å². The predicted octanol–water partition coefficient (Wildman–Crippen LogP) is 2.61. The maximum Gasteiger partial charge on any atom is 0.246 e. The molecule has 22 heavy (non-hydrogen) atoms. The normalized spacial score (nSPS) is 10.4. The number of hydrogen-bond acceptors (Lipinski definition) is 5. The second-order valence-corrected chi connectivity index (χ2v) is 4.77. The number of pyridine rings is 1. The topological polar surface area (TPSA) is 72.7 Å². The Morgan fingerprint density at radius 2 is 2.00 bits per heavy atom. The van der Waals surface area contributed by atoms with Crippen LogP contribution in [0, 0.1) is 0 Å². The van der Waals surface area contributed by atoms with Gasteiger partial charge < -0.3 is 5.32 Å². The third-order valence-electron chi connectivity index (χ3n) is 3.12. The molecule has 0 aliphatic carbocycles. The Morgan fingerprint density at radius 1 is 1.18 bits per heavy atom. The Morgan fingerprint density at radius 3 is 2.68 bits per heavy atom. The highest BCUT2D eigenvalue weighted by Gasteiger charge is 2.14. The molecule has 6 nitrogen and oxygen atoms in total. The SMILES string of the molecule is CC(=O)n1nc(-c2cccnc2)nc1NCc1ccccc1. The highest BCUT2D eigenvalue weighted by molar-refractivity contribution is 5.79. The monoisotopic (exact) mass is 293 g/mol. The van der Waals surface area contributed by atoms with Gasteiger partial charge >= 0.3 is 0 Å². The van der Waals surface area contributed by atoms with Crippen molar-refractivity contribution in [3.63, 3.8) is 0 Å². The van der Waals surface area contributed by atoms with Crippen LogP contribution in [0.4, 0.5) is 5.95 Å². The van der Waals surface area contributed by atoms with Crippen LogP contribution in [-0.2, 0) is 6.54 Å². The molecule has 1 N–H and O–H groups in total. The van der Waals surface area contributed by atoms with Gasteiger partial charge in [0.05, 0.1) is 0 Å². The number of benzene rings is 1. The van der Waals surface area contributed by atoms with E-state index in [1.807, 2.05) is 36.4 Å². The van der Waals surface area contributed by atoms with Gasteiger partial charge in [0.2, 0.25) is 11.9 Å². The summed E-state index contributed by atoms with van der Waals surface area (Å²) in [4.78, 5) is 20.2. The highest BCUT2D eigenvalue weighted by Crippen LogP contribution is 2.17. The van der Waals surface area contributed by atoms with Crippen molar-refractivity contribution in [2.45, 2.75) is 13.5 Å². The third-order valence-corrected chi connectivity index (χ3v) is 3.12. The van der Waals surface area contributed by atoms with Crippen molar-refractivity contribution in [1.82, 2.24) is 19.7 Å². The van der Waals surface area contributed by atoms with Crippen LogP contribution in [0.1, 0.15) is 17.3 Å². The van der Waals surface area contributed by atoms with Gasteiger partial charge in [-0.3, -0.25) is 9.78 Å². The van der Waals surface area contributed by atoms with E-state index >= 15 is 0 Å². The minimum atomic E-state index is -0.196. The molecule has 2 heterocycles. The summed E-state index contributed by atoms with van der Waals surface area (Å²) >= 11 is 0. The second-order valence-electron chi connectivity index (χ2n) is 4.77. The fourth-order valence-electron chi connectivity index (χ4n) is 2.04. The molecule has 0 fully saturated rings. The van der Waals surface area contributed by atoms with Crippen LogP contribution in [0.15, 0.2) is 54.9 Å². The van der Waals surface area contributed by atoms with Gasteiger partial charge in [-0.1, -0.05) is 30.3 Å². The molecule has 0 saturated heterocycles. The lowest BCUT2D eigenvalue weighted by atomic mass is 10.2. The van der Waals surface area contributed by atoms with E-state index in [2.05, 4.69) is 20.4 Å². The Kier molecular flexibility index (Phi) is 3.91. The van der Waals surface area contributed by atoms with Crippen molar-refractivity contribution in [3.8, 4) is 11.4 Å². The van der Waals surface area contributed by atoms with Crippen LogP contribution in [0.3, 0.4) is 0 Å². The van der Waals surface area contributed by atoms with E-state index in [-0.39, 0.29) is 5.91 Å². The number of nitrogens with one attached hydrogen (secondary N) is 1. The number of rotatable bonds is 4. The maximum atomic E-state index is 11.7. The molecule has 2 aromatic heterocycles. The summed E-state index contributed by atoms with van der Waals surface area (Å²) in [5, 5.41) is 7.39. The molecule has 110 valence electrons. The summed E-state index contributed by atoms with van der Waals surface area (Å²) in [7, 11) is 0. The summed E-state index contributed by atoms with van der Waals surface area (Å²) in [5.41, 5.74) is 1.87. The molecule has 0 radical (unpaired) electrons. The molecule has 0 spiro atoms. The van der Waals surface area contributed by atoms with Gasteiger partial charge in [-0.05, 0) is 17.7 Å². The molecular weight excluding hydrogens is 278 g/mol. The number of nitrogens with zero attached hydrogens (tertiary/aromatic N) is 4. The summed E-state index contributed by atoms with van der Waals surface area (Å²) in [6.45, 7) is 2.02. The van der Waals surface area contributed by atoms with Gasteiger partial charge in [0, 0.05) is 31.4 Å². The Hall–Kier alpha value is -3.02. The van der Waals surface area contributed by atoms with Gasteiger partial charge in [0.1, 0.15) is 0 Å². The zero-order valence-electron chi connectivity index (χ0n) is 12.1. The number of anilines is 1. The lowest BCUT2D eigenvalue weighted by Gasteiger charge is -2.05. The van der Waals surface area contributed by atoms with E-state index in [9.17, 15) is 4.79 Å². The first-order valence-corrected chi connectivity index (χ1v) is 6.90. The molecule has 6 heteroatoms. The fourth-order valence-corrected chi connectivity index (χ4v) is 2.04. The van der Waals surface area contributed by atoms with E-state index in [4.69, 9.17) is 0 Å². The number of aromatic nitrogens is 4. The zero-order valence-corrected chi connectivity index (χ0v) is 12.1. The van der Waals surface area contributed by atoms with Gasteiger partial charge in [-0.25, -0.2) is 0 Å². The van der Waals surface area contributed by atoms with Crippen LogP contribution < -0.4 is 5.32 Å². The molecule has 0 atom stereocenters. The lowest BCUT2D eigenvalue weighted by Crippen LogP contribution is -2.13. The average Bonchev–Trinajstić information content (AvgIpc) is 2.99. The number of carbonyl (C=O) groups is 1. The molecular formula is C16H15N5O. The van der Waals surface area contributed by atoms with Crippen LogP contribution in [-0.4, -0.2) is 25.7 Å². The molecule has 0 aliphatic rings. The standard InChI is InChI=1S/C16H15N5O/c1-12(22)21-16(18-10-13-6-3-2-4-7-13)19-15(20-21)14-8-5-9-17-11-14/h2-9,11H,10H2,1H3,(H,18,19,20). The quantitative estimate of drug-likeness (QED) is 0.800. The van der Waals surface area contributed by atoms with E-state index in [0.717, 1.165) is 11.1 Å². The Balaban J connectivity index is 1.86. The molecule has 0 bridgehead atoms. The van der Waals surface area contributed by atoms with Gasteiger partial charge in [0.25, 0.3) is 0 Å². The van der Waals surface area contributed by atoms with Crippen LogP contribution in [0.5, 0.6) is 0 Å². The Bertz CT molecular complexity index is 768. The van der Waals surface area contributed by atoms with E-state index in [0.29, 0.717) is 18.3 Å². The molecule has 0 aliphatic heterocycles. The minimum absolute atomic E-state index is 0.196. The molecule has 3 rings (SSSR count). The van der Waals surface area contributed by atoms with Crippen LogP contribution in [0.2, 0.25) is 0 Å². The maximum absolute atomic E-state index is 11.7. The van der Waals surface area contributed by atoms with Gasteiger partial charge in [0.15, 0.2) is 5.82 Å². The van der Waals surface area contributed by atoms with Crippen molar-refractivity contribution < 1.29 is 4.79 Å². The zero-order chi connectivity index (χ0) is 15.4. The molecule has 0 amide bonds. The first-order chi connectivity index (χ1) is 10.7. The van der Waals surface area contributed by atoms with E-state index < -0.39 is 0 Å². The molecule has 0 unspecified atom stereocenters. The number of hydrogen-bond donors (Lipinski definition) is 1. The smallest absolute Gasteiger partial charge is 0.246 e. The first kappa shape index (κ1) is 13.9. The van der Waals surface area contributed by atoms with Crippen LogP contribution in [0.25, 0.3) is 11.4 Å². The van der Waals surface area contributed by atoms with Crippen molar-refractivity contribution in [2.75, 3.05) is 5.32 Å². The fraction of sp³-hybridized carbons (Fsp3) is 0.125. The van der Waals surface area contributed by atoms with Crippen molar-refractivity contribution in [2.24, 2.45) is 0 Å². The van der Waals surface area contributed by atoms with Crippen molar-refractivity contribution in [3.05, 3.63) is 60.4 Å². The number of carbonyl (C=O) groups excluding carboxylic acids is 1. The molecule has 1 aromatic carbocycles. The van der Waals surface area contributed by atoms with Crippen LogP contribution >= 0.6 is 0 Å². The highest BCUT2D eigenvalue weighted by atomic mass is 16.2.